The second-order valence-electron chi connectivity index (χ2n) is 5.45. The minimum atomic E-state index is -0.0165. The van der Waals surface area contributed by atoms with Crippen molar-refractivity contribution in [3.05, 3.63) is 23.2 Å². The standard InChI is InChI=1S/C16H23ClN2O2/c1-2-21-15-8-7-12(17)9-14(15)19-16(20)13-6-4-3-5-11(13)10-18/h7-9,11,13H,2-6,10,18H2,1H3,(H,19,20). The van der Waals surface area contributed by atoms with Crippen molar-refractivity contribution >= 4 is 23.2 Å². The van der Waals surface area contributed by atoms with Crippen LogP contribution in [-0.4, -0.2) is 19.1 Å². The van der Waals surface area contributed by atoms with Crippen molar-refractivity contribution in [3.8, 4) is 5.75 Å². The van der Waals surface area contributed by atoms with Gasteiger partial charge in [0.25, 0.3) is 0 Å². The first-order valence-electron chi connectivity index (χ1n) is 7.59. The van der Waals surface area contributed by atoms with Gasteiger partial charge in [-0.15, -0.1) is 0 Å². The van der Waals surface area contributed by atoms with Gasteiger partial charge in [-0.05, 0) is 50.4 Å². The van der Waals surface area contributed by atoms with E-state index >= 15 is 0 Å². The molecule has 0 heterocycles. The van der Waals surface area contributed by atoms with Gasteiger partial charge < -0.3 is 15.8 Å². The number of halogens is 1. The third kappa shape index (κ3) is 4.11. The molecule has 21 heavy (non-hydrogen) atoms. The predicted molar refractivity (Wildman–Crippen MR) is 85.8 cm³/mol. The number of carbonyl (C=O) groups excluding carboxylic acids is 1. The Balaban J connectivity index is 2.12. The Hall–Kier alpha value is -1.26. The van der Waals surface area contributed by atoms with E-state index in [9.17, 15) is 4.79 Å². The van der Waals surface area contributed by atoms with Crippen LogP contribution in [0.2, 0.25) is 5.02 Å². The second-order valence-corrected chi connectivity index (χ2v) is 5.89. The highest BCUT2D eigenvalue weighted by Crippen LogP contribution is 2.33. The third-order valence-electron chi connectivity index (χ3n) is 4.05. The van der Waals surface area contributed by atoms with Crippen molar-refractivity contribution in [1.82, 2.24) is 0 Å². The fourth-order valence-electron chi connectivity index (χ4n) is 2.94. The first kappa shape index (κ1) is 16.1. The Labute approximate surface area is 131 Å². The zero-order chi connectivity index (χ0) is 15.2. The number of nitrogens with two attached hydrogens (primary N) is 1. The van der Waals surface area contributed by atoms with Crippen LogP contribution in [0.15, 0.2) is 18.2 Å². The summed E-state index contributed by atoms with van der Waals surface area (Å²) in [6.45, 7) is 3.01. The normalized spacial score (nSPS) is 21.9. The first-order chi connectivity index (χ1) is 10.2. The molecule has 1 aromatic carbocycles. The summed E-state index contributed by atoms with van der Waals surface area (Å²) >= 11 is 6.02. The van der Waals surface area contributed by atoms with E-state index in [1.807, 2.05) is 6.92 Å². The second kappa shape index (κ2) is 7.66. The van der Waals surface area contributed by atoms with E-state index in [0.717, 1.165) is 25.7 Å². The summed E-state index contributed by atoms with van der Waals surface area (Å²) in [5.74, 6) is 0.925. The van der Waals surface area contributed by atoms with Gasteiger partial charge in [0.2, 0.25) is 5.91 Å². The maximum Gasteiger partial charge on any atom is 0.227 e. The maximum atomic E-state index is 12.5. The van der Waals surface area contributed by atoms with E-state index < -0.39 is 0 Å². The summed E-state index contributed by atoms with van der Waals surface area (Å²) in [5, 5.41) is 3.54. The van der Waals surface area contributed by atoms with E-state index in [2.05, 4.69) is 5.32 Å². The van der Waals surface area contributed by atoms with E-state index in [0.29, 0.717) is 29.6 Å². The molecule has 2 unspecified atom stereocenters. The summed E-state index contributed by atoms with van der Waals surface area (Å²) in [7, 11) is 0. The largest absolute Gasteiger partial charge is 0.492 e. The minimum Gasteiger partial charge on any atom is -0.492 e. The van der Waals surface area contributed by atoms with E-state index in [4.69, 9.17) is 22.1 Å². The van der Waals surface area contributed by atoms with Gasteiger partial charge in [-0.1, -0.05) is 24.4 Å². The highest BCUT2D eigenvalue weighted by molar-refractivity contribution is 6.31. The molecule has 0 spiro atoms. The molecule has 0 aromatic heterocycles. The molecule has 2 rings (SSSR count). The lowest BCUT2D eigenvalue weighted by Gasteiger charge is -2.29. The lowest BCUT2D eigenvalue weighted by Crippen LogP contribution is -2.35. The molecule has 0 aliphatic heterocycles. The van der Waals surface area contributed by atoms with Crippen molar-refractivity contribution in [1.29, 1.82) is 0 Å². The molecule has 1 amide bonds. The Morgan fingerprint density at radius 2 is 2.19 bits per heavy atom. The molecule has 0 radical (unpaired) electrons. The highest BCUT2D eigenvalue weighted by Gasteiger charge is 2.30. The summed E-state index contributed by atoms with van der Waals surface area (Å²) in [4.78, 5) is 12.5. The van der Waals surface area contributed by atoms with Crippen molar-refractivity contribution in [3.63, 3.8) is 0 Å². The Kier molecular flexibility index (Phi) is 5.88. The Bertz CT molecular complexity index is 493. The van der Waals surface area contributed by atoms with Gasteiger partial charge in [-0.25, -0.2) is 0 Å². The van der Waals surface area contributed by atoms with Gasteiger partial charge >= 0.3 is 0 Å². The van der Waals surface area contributed by atoms with Crippen molar-refractivity contribution in [2.75, 3.05) is 18.5 Å². The van der Waals surface area contributed by atoms with Gasteiger partial charge in [0.1, 0.15) is 5.75 Å². The van der Waals surface area contributed by atoms with Crippen LogP contribution < -0.4 is 15.8 Å². The van der Waals surface area contributed by atoms with Crippen LogP contribution in [0.5, 0.6) is 5.75 Å². The molecule has 2 atom stereocenters. The van der Waals surface area contributed by atoms with Gasteiger partial charge in [0, 0.05) is 10.9 Å². The topological polar surface area (TPSA) is 64.3 Å². The number of benzene rings is 1. The van der Waals surface area contributed by atoms with E-state index in [1.54, 1.807) is 18.2 Å². The van der Waals surface area contributed by atoms with Gasteiger partial charge in [-0.2, -0.15) is 0 Å². The number of hydrogen-bond acceptors (Lipinski definition) is 3. The molecular weight excluding hydrogens is 288 g/mol. The summed E-state index contributed by atoms with van der Waals surface area (Å²) < 4.78 is 5.54. The number of ether oxygens (including phenoxy) is 1. The van der Waals surface area contributed by atoms with Crippen LogP contribution >= 0.6 is 11.6 Å². The van der Waals surface area contributed by atoms with Crippen LogP contribution in [0.25, 0.3) is 0 Å². The van der Waals surface area contributed by atoms with Crippen molar-refractivity contribution in [2.24, 2.45) is 17.6 Å². The fraction of sp³-hybridized carbons (Fsp3) is 0.562. The van der Waals surface area contributed by atoms with E-state index in [1.165, 1.54) is 0 Å². The van der Waals surface area contributed by atoms with Gasteiger partial charge in [-0.3, -0.25) is 4.79 Å². The Morgan fingerprint density at radius 1 is 1.43 bits per heavy atom. The van der Waals surface area contributed by atoms with Crippen molar-refractivity contribution in [2.45, 2.75) is 32.6 Å². The molecule has 1 fully saturated rings. The molecular formula is C16H23ClN2O2. The minimum absolute atomic E-state index is 0.0165. The quantitative estimate of drug-likeness (QED) is 0.875. The lowest BCUT2D eigenvalue weighted by atomic mass is 9.78. The number of amides is 1. The van der Waals surface area contributed by atoms with Gasteiger partial charge in [0.05, 0.1) is 12.3 Å². The fourth-order valence-corrected chi connectivity index (χ4v) is 3.11. The first-order valence-corrected chi connectivity index (χ1v) is 7.96. The predicted octanol–water partition coefficient (Wildman–Crippen LogP) is 3.44. The van der Waals surface area contributed by atoms with Crippen LogP contribution in [-0.2, 0) is 4.79 Å². The highest BCUT2D eigenvalue weighted by atomic mass is 35.5. The Morgan fingerprint density at radius 3 is 2.90 bits per heavy atom. The average Bonchev–Trinajstić information content (AvgIpc) is 2.50. The van der Waals surface area contributed by atoms with Crippen LogP contribution in [0.4, 0.5) is 5.69 Å². The van der Waals surface area contributed by atoms with Crippen LogP contribution in [0.3, 0.4) is 0 Å². The van der Waals surface area contributed by atoms with E-state index in [-0.39, 0.29) is 17.7 Å². The molecule has 1 aliphatic carbocycles. The smallest absolute Gasteiger partial charge is 0.227 e. The number of hydrogen-bond donors (Lipinski definition) is 2. The number of anilines is 1. The molecule has 116 valence electrons. The monoisotopic (exact) mass is 310 g/mol. The zero-order valence-electron chi connectivity index (χ0n) is 12.4. The lowest BCUT2D eigenvalue weighted by molar-refractivity contribution is -0.122. The molecule has 1 saturated carbocycles. The van der Waals surface area contributed by atoms with Crippen LogP contribution in [0.1, 0.15) is 32.6 Å². The summed E-state index contributed by atoms with van der Waals surface area (Å²) in [5.41, 5.74) is 6.44. The molecule has 1 aliphatic rings. The molecule has 0 bridgehead atoms. The van der Waals surface area contributed by atoms with Gasteiger partial charge in [0.15, 0.2) is 0 Å². The number of carbonyl (C=O) groups is 1. The average molecular weight is 311 g/mol. The summed E-state index contributed by atoms with van der Waals surface area (Å²) in [6.07, 6.45) is 4.18. The molecule has 0 saturated heterocycles. The third-order valence-corrected chi connectivity index (χ3v) is 4.28. The van der Waals surface area contributed by atoms with Crippen LogP contribution in [0, 0.1) is 11.8 Å². The van der Waals surface area contributed by atoms with Crippen molar-refractivity contribution < 1.29 is 9.53 Å². The molecule has 3 N–H and O–H groups in total. The molecule has 4 nitrogen and oxygen atoms in total. The number of rotatable bonds is 5. The molecule has 5 heteroatoms. The zero-order valence-corrected chi connectivity index (χ0v) is 13.2. The summed E-state index contributed by atoms with van der Waals surface area (Å²) in [6, 6.07) is 5.26. The number of nitrogens with one attached hydrogen (secondary N) is 1. The maximum absolute atomic E-state index is 12.5. The molecule has 1 aromatic rings. The SMILES string of the molecule is CCOc1ccc(Cl)cc1NC(=O)C1CCCCC1CN.